The molecule has 15 heteroatoms. The lowest BCUT2D eigenvalue weighted by atomic mass is 9.94. The van der Waals surface area contributed by atoms with Crippen LogP contribution in [0.3, 0.4) is 0 Å². The summed E-state index contributed by atoms with van der Waals surface area (Å²) in [7, 11) is 1.48. The molecule has 1 saturated heterocycles. The number of nitrogen functional groups attached to an aromatic ring is 1. The van der Waals surface area contributed by atoms with Gasteiger partial charge in [0.25, 0.3) is 11.5 Å². The zero-order valence-corrected chi connectivity index (χ0v) is 22.2. The Balaban J connectivity index is 1.48. The van der Waals surface area contributed by atoms with Gasteiger partial charge >= 0.3 is 11.9 Å². The number of ether oxygens (including phenoxy) is 2. The fourth-order valence-electron chi connectivity index (χ4n) is 4.49. The summed E-state index contributed by atoms with van der Waals surface area (Å²) < 4.78 is 27.3. The van der Waals surface area contributed by atoms with E-state index in [0.29, 0.717) is 11.3 Å². The number of aliphatic carboxylic acids is 2. The second-order valence-corrected chi connectivity index (χ2v) is 9.46. The van der Waals surface area contributed by atoms with Gasteiger partial charge in [-0.15, -0.1) is 0 Å². The van der Waals surface area contributed by atoms with Gasteiger partial charge < -0.3 is 41.2 Å². The molecule has 0 spiro atoms. The summed E-state index contributed by atoms with van der Waals surface area (Å²) in [6.45, 7) is -0.787. The maximum Gasteiger partial charge on any atom is 0.348 e. The Morgan fingerprint density at radius 2 is 1.79 bits per heavy atom. The van der Waals surface area contributed by atoms with Crippen molar-refractivity contribution >= 4 is 35.2 Å². The van der Waals surface area contributed by atoms with Gasteiger partial charge in [0.1, 0.15) is 29.6 Å². The topological polar surface area (TPSA) is 222 Å². The summed E-state index contributed by atoms with van der Waals surface area (Å²) >= 11 is 0. The van der Waals surface area contributed by atoms with Gasteiger partial charge in [0.15, 0.2) is 12.4 Å². The predicted octanol–water partition coefficient (Wildman–Crippen LogP) is 1.22. The summed E-state index contributed by atoms with van der Waals surface area (Å²) in [6, 6.07) is 14.3. The van der Waals surface area contributed by atoms with Crippen LogP contribution in [0.25, 0.3) is 0 Å². The maximum atomic E-state index is 15.1. The highest BCUT2D eigenvalue weighted by atomic mass is 19.1. The van der Waals surface area contributed by atoms with Gasteiger partial charge in [0.2, 0.25) is 0 Å². The van der Waals surface area contributed by atoms with Crippen LogP contribution < -0.4 is 16.4 Å². The maximum absolute atomic E-state index is 15.1. The Hall–Kier alpha value is -4.86. The highest BCUT2D eigenvalue weighted by Gasteiger charge is 2.52. The third kappa shape index (κ3) is 5.93. The fourth-order valence-corrected chi connectivity index (χ4v) is 4.49. The van der Waals surface area contributed by atoms with Crippen LogP contribution in [0.2, 0.25) is 0 Å². The van der Waals surface area contributed by atoms with E-state index in [9.17, 15) is 29.7 Å². The van der Waals surface area contributed by atoms with Crippen molar-refractivity contribution in [1.82, 2.24) is 9.55 Å². The van der Waals surface area contributed by atoms with Crippen molar-refractivity contribution in [3.63, 3.8) is 0 Å². The number of nitrogens with two attached hydrogens (primary N) is 1. The third-order valence-corrected chi connectivity index (χ3v) is 6.74. The molecule has 4 atom stereocenters. The Morgan fingerprint density at radius 1 is 1.14 bits per heavy atom. The number of halogens is 1. The van der Waals surface area contributed by atoms with Crippen LogP contribution in [-0.2, 0) is 25.5 Å². The molecule has 1 aliphatic heterocycles. The van der Waals surface area contributed by atoms with Crippen LogP contribution >= 0.6 is 0 Å². The molecule has 4 rings (SSSR count). The molecular formula is C27H29FN6O8. The van der Waals surface area contributed by atoms with E-state index in [0.717, 1.165) is 6.33 Å². The highest BCUT2D eigenvalue weighted by Crippen LogP contribution is 2.35. The van der Waals surface area contributed by atoms with E-state index in [1.807, 2.05) is 0 Å². The number of amidine groups is 1. The number of rotatable bonds is 12. The molecule has 0 saturated carbocycles. The van der Waals surface area contributed by atoms with Gasteiger partial charge in [-0.1, -0.05) is 30.3 Å². The van der Waals surface area contributed by atoms with E-state index in [4.69, 9.17) is 20.6 Å². The SMILES string of the molecule is CNc1c(C(=N)N)ncn1[C@@H]1O[C@H](COC(Cc2ccc(NC(=O)c3ccccc3)cc2)(C(=O)O)C(=O)O)[C@@H](O)[C@@H]1F. The van der Waals surface area contributed by atoms with Gasteiger partial charge in [-0.3, -0.25) is 14.8 Å². The number of nitrogens with one attached hydrogen (secondary N) is 3. The van der Waals surface area contributed by atoms with Gasteiger partial charge in [-0.2, -0.15) is 0 Å². The van der Waals surface area contributed by atoms with E-state index in [-0.39, 0.29) is 23.0 Å². The number of benzene rings is 2. The molecule has 1 aliphatic rings. The van der Waals surface area contributed by atoms with Crippen molar-refractivity contribution in [3.05, 3.63) is 77.7 Å². The first kappa shape index (κ1) is 30.1. The number of carbonyl (C=O) groups excluding carboxylic acids is 1. The number of aromatic nitrogens is 2. The number of imidazole rings is 1. The average molecular weight is 585 g/mol. The molecule has 2 aromatic carbocycles. The number of anilines is 2. The minimum Gasteiger partial charge on any atom is -0.479 e. The van der Waals surface area contributed by atoms with Crippen molar-refractivity contribution in [2.24, 2.45) is 5.73 Å². The zero-order valence-electron chi connectivity index (χ0n) is 22.2. The minimum absolute atomic E-state index is 0.0175. The summed E-state index contributed by atoms with van der Waals surface area (Å²) in [5.74, 6) is -4.28. The first-order valence-corrected chi connectivity index (χ1v) is 12.6. The van der Waals surface area contributed by atoms with Crippen molar-refractivity contribution in [3.8, 4) is 0 Å². The summed E-state index contributed by atoms with van der Waals surface area (Å²) in [5, 5.41) is 43.3. The van der Waals surface area contributed by atoms with E-state index >= 15 is 4.39 Å². The van der Waals surface area contributed by atoms with E-state index in [2.05, 4.69) is 15.6 Å². The van der Waals surface area contributed by atoms with Crippen molar-refractivity contribution in [2.75, 3.05) is 24.3 Å². The normalized spacial score (nSPS) is 20.2. The second-order valence-electron chi connectivity index (χ2n) is 9.46. The molecule has 222 valence electrons. The molecule has 0 radical (unpaired) electrons. The molecule has 0 bridgehead atoms. The smallest absolute Gasteiger partial charge is 0.348 e. The Morgan fingerprint density at radius 3 is 2.36 bits per heavy atom. The van der Waals surface area contributed by atoms with Crippen LogP contribution in [-0.4, -0.2) is 86.2 Å². The van der Waals surface area contributed by atoms with Gasteiger partial charge in [0, 0.05) is 24.7 Å². The largest absolute Gasteiger partial charge is 0.479 e. The van der Waals surface area contributed by atoms with Gasteiger partial charge in [-0.05, 0) is 29.8 Å². The number of alkyl halides is 1. The number of carboxylic acid groups (broad SMARTS) is 2. The molecule has 8 N–H and O–H groups in total. The van der Waals surface area contributed by atoms with E-state index in [1.54, 1.807) is 30.3 Å². The van der Waals surface area contributed by atoms with Crippen molar-refractivity contribution < 1.29 is 43.6 Å². The zero-order chi connectivity index (χ0) is 30.6. The molecule has 1 amide bonds. The number of aliphatic hydroxyl groups excluding tert-OH is 1. The van der Waals surface area contributed by atoms with Gasteiger partial charge in [0.05, 0.1) is 12.9 Å². The number of hydrogen-bond donors (Lipinski definition) is 7. The van der Waals surface area contributed by atoms with Crippen LogP contribution in [0.1, 0.15) is 27.8 Å². The standard InChI is InChI=1S/C27H29FN6O8/c1-31-22-19(21(29)30)32-13-34(22)24-18(28)20(35)17(42-24)12-41-27(25(37)38,26(39)40)11-14-7-9-16(10-8-14)33-23(36)15-5-3-2-4-6-15/h2-10,13,17-18,20,24,31,35H,11-12H2,1H3,(H3,29,30)(H,33,36)(H,37,38)(H,39,40)/t17-,18+,20-,24-/m1/s1. The van der Waals surface area contributed by atoms with Crippen LogP contribution in [0.4, 0.5) is 15.9 Å². The first-order chi connectivity index (χ1) is 20.0. The molecule has 1 fully saturated rings. The number of nitrogens with zero attached hydrogens (tertiary/aromatic N) is 2. The number of amides is 1. The molecule has 1 aromatic heterocycles. The highest BCUT2D eigenvalue weighted by molar-refractivity contribution is 6.04. The molecule has 0 aliphatic carbocycles. The molecule has 14 nitrogen and oxygen atoms in total. The summed E-state index contributed by atoms with van der Waals surface area (Å²) in [6.07, 6.45) is -6.24. The molecule has 3 aromatic rings. The summed E-state index contributed by atoms with van der Waals surface area (Å²) in [5.41, 5.74) is 3.77. The van der Waals surface area contributed by atoms with Crippen LogP contribution in [0.5, 0.6) is 0 Å². The molecule has 2 heterocycles. The van der Waals surface area contributed by atoms with E-state index in [1.165, 1.54) is 35.9 Å². The average Bonchev–Trinajstić information content (AvgIpc) is 3.52. The van der Waals surface area contributed by atoms with Crippen LogP contribution in [0, 0.1) is 5.41 Å². The lowest BCUT2D eigenvalue weighted by molar-refractivity contribution is -0.190. The fraction of sp³-hybridized carbons (Fsp3) is 0.296. The van der Waals surface area contributed by atoms with Gasteiger partial charge in [-0.25, -0.2) is 19.0 Å². The predicted molar refractivity (Wildman–Crippen MR) is 146 cm³/mol. The van der Waals surface area contributed by atoms with Crippen molar-refractivity contribution in [1.29, 1.82) is 5.41 Å². The Kier molecular flexibility index (Phi) is 8.84. The van der Waals surface area contributed by atoms with Crippen LogP contribution in [0.15, 0.2) is 60.9 Å². The summed E-state index contributed by atoms with van der Waals surface area (Å²) in [4.78, 5) is 40.8. The number of hydrogen-bond acceptors (Lipinski definition) is 9. The first-order valence-electron chi connectivity index (χ1n) is 12.6. The monoisotopic (exact) mass is 584 g/mol. The lowest BCUT2D eigenvalue weighted by Gasteiger charge is -2.27. The Bertz CT molecular complexity index is 1450. The molecule has 42 heavy (non-hydrogen) atoms. The number of carboxylic acids is 2. The second kappa shape index (κ2) is 12.3. The number of carbonyl (C=O) groups is 3. The minimum atomic E-state index is -2.81. The van der Waals surface area contributed by atoms with E-state index < -0.39 is 61.0 Å². The Labute approximate surface area is 238 Å². The molecular weight excluding hydrogens is 555 g/mol. The van der Waals surface area contributed by atoms with Crippen molar-refractivity contribution in [2.45, 2.75) is 36.6 Å². The quantitative estimate of drug-likeness (QED) is 0.0911. The lowest BCUT2D eigenvalue weighted by Crippen LogP contribution is -2.52. The molecule has 0 unspecified atom stereocenters. The third-order valence-electron chi connectivity index (χ3n) is 6.74. The number of aliphatic hydroxyl groups is 1.